The second kappa shape index (κ2) is 12.0. The quantitative estimate of drug-likeness (QED) is 0.150. The van der Waals surface area contributed by atoms with E-state index < -0.39 is 111 Å². The molecule has 2 aromatic carbocycles. The molecular weight excluding hydrogens is 662 g/mol. The lowest BCUT2D eigenvalue weighted by atomic mass is 9.99. The Balaban J connectivity index is 2.95. The molecule has 5 nitrogen and oxygen atoms in total. The molecule has 0 aliphatic rings. The van der Waals surface area contributed by atoms with E-state index in [1.165, 1.54) is 0 Å². The lowest BCUT2D eigenvalue weighted by Crippen LogP contribution is -2.40. The van der Waals surface area contributed by atoms with Gasteiger partial charge in [-0.3, -0.25) is 0 Å². The summed E-state index contributed by atoms with van der Waals surface area (Å²) in [7, 11) is -15.9. The molecule has 0 aromatic heterocycles. The maximum absolute atomic E-state index is 14.8. The van der Waals surface area contributed by atoms with Gasteiger partial charge in [-0.05, 0) is 6.42 Å². The van der Waals surface area contributed by atoms with E-state index in [0.717, 1.165) is 0 Å². The number of halogens is 14. The molecular formula is C21H14F14O5S2. The van der Waals surface area contributed by atoms with Crippen LogP contribution < -0.4 is 4.74 Å². The Hall–Kier alpha value is -2.84. The highest BCUT2D eigenvalue weighted by atomic mass is 32.3. The molecule has 0 N–H and O–H groups in total. The number of hydrogen-bond donors (Lipinski definition) is 0. The first kappa shape index (κ1) is 35.4. The minimum atomic E-state index is -7.94. The normalized spacial score (nSPS) is 13.2. The zero-order valence-corrected chi connectivity index (χ0v) is 21.9. The summed E-state index contributed by atoms with van der Waals surface area (Å²) in [4.78, 5) is 0. The van der Waals surface area contributed by atoms with Gasteiger partial charge in [0.15, 0.2) is 40.7 Å². The van der Waals surface area contributed by atoms with Crippen LogP contribution >= 0.6 is 0 Å². The second-order valence-electron chi connectivity index (χ2n) is 8.23. The van der Waals surface area contributed by atoms with Gasteiger partial charge in [-0.2, -0.15) is 35.1 Å². The maximum Gasteiger partial charge on any atom is 0.499 e. The predicted octanol–water partition coefficient (Wildman–Crippen LogP) is 7.29. The molecule has 0 aliphatic heterocycles. The number of ether oxygens (including phenoxy) is 1. The largest absolute Gasteiger partial charge is 0.499 e. The number of rotatable bonds is 10. The van der Waals surface area contributed by atoms with Gasteiger partial charge < -0.3 is 4.74 Å². The van der Waals surface area contributed by atoms with Crippen molar-refractivity contribution in [3.05, 3.63) is 52.1 Å². The van der Waals surface area contributed by atoms with Crippen LogP contribution in [0.25, 0.3) is 11.1 Å². The molecule has 0 radical (unpaired) electrons. The summed E-state index contributed by atoms with van der Waals surface area (Å²) in [6.07, 6.45) is 1.74. The van der Waals surface area contributed by atoms with Crippen molar-refractivity contribution in [2.45, 2.75) is 48.2 Å². The average molecular weight is 676 g/mol. The van der Waals surface area contributed by atoms with Gasteiger partial charge in [0, 0.05) is 0 Å². The maximum atomic E-state index is 14.8. The first-order chi connectivity index (χ1) is 19.0. The van der Waals surface area contributed by atoms with Crippen LogP contribution in [0, 0.1) is 46.5 Å². The van der Waals surface area contributed by atoms with E-state index in [1.54, 1.807) is 6.92 Å². The van der Waals surface area contributed by atoms with Crippen LogP contribution in [0.3, 0.4) is 0 Å². The fraction of sp³-hybridized carbons (Fsp3) is 0.429. The fourth-order valence-electron chi connectivity index (χ4n) is 3.46. The van der Waals surface area contributed by atoms with E-state index in [1.807, 2.05) is 0 Å². The molecule has 0 amide bonds. The van der Waals surface area contributed by atoms with Gasteiger partial charge in [0.2, 0.25) is 16.2 Å². The van der Waals surface area contributed by atoms with Crippen molar-refractivity contribution in [2.24, 2.45) is 0 Å². The number of benzene rings is 2. The number of unbranched alkanes of at least 4 members (excludes halogenated alkanes) is 3. The van der Waals surface area contributed by atoms with E-state index in [9.17, 15) is 78.3 Å². The molecule has 0 atom stereocenters. The highest BCUT2D eigenvalue weighted by Crippen LogP contribution is 2.48. The lowest BCUT2D eigenvalue weighted by molar-refractivity contribution is -0.0473. The smallest absolute Gasteiger partial charge is 0.487 e. The number of hydrogen-bond acceptors (Lipinski definition) is 5. The molecule has 0 fully saturated rings. The molecule has 2 aromatic rings. The monoisotopic (exact) mass is 676 g/mol. The molecule has 2 rings (SSSR count). The predicted molar refractivity (Wildman–Crippen MR) is 114 cm³/mol. The van der Waals surface area contributed by atoms with Gasteiger partial charge in [0.25, 0.3) is 19.7 Å². The second-order valence-corrected chi connectivity index (χ2v) is 12.6. The third-order valence-electron chi connectivity index (χ3n) is 5.46. The summed E-state index contributed by atoms with van der Waals surface area (Å²) in [5.41, 5.74) is -23.1. The average Bonchev–Trinajstić information content (AvgIpc) is 2.86. The van der Waals surface area contributed by atoms with E-state index in [0.29, 0.717) is 19.3 Å². The minimum absolute atomic E-state index is 0.0711. The topological polar surface area (TPSA) is 77.5 Å². The highest BCUT2D eigenvalue weighted by molar-refractivity contribution is 8.09. The number of alkyl halides is 6. The van der Waals surface area contributed by atoms with E-state index in [2.05, 4.69) is 4.74 Å². The van der Waals surface area contributed by atoms with Crippen molar-refractivity contribution in [2.75, 3.05) is 6.61 Å². The van der Waals surface area contributed by atoms with Crippen LogP contribution in [0.2, 0.25) is 0 Å². The molecule has 238 valence electrons. The first-order valence-electron chi connectivity index (χ1n) is 10.9. The highest BCUT2D eigenvalue weighted by Gasteiger charge is 2.65. The SMILES string of the molecule is CCCCCCOc1c(F)c(F)c(-c2c(F)c(F)c(C(S(=O)(=O)C(F)(F)F)S(=O)(=O)C(F)(F)F)c(F)c2F)c(F)c1F. The summed E-state index contributed by atoms with van der Waals surface area (Å²) in [5, 5.41) is 0. The third kappa shape index (κ3) is 5.98. The van der Waals surface area contributed by atoms with Crippen LogP contribution in [-0.2, 0) is 19.7 Å². The number of sulfone groups is 2. The van der Waals surface area contributed by atoms with Crippen molar-refractivity contribution in [1.29, 1.82) is 0 Å². The summed E-state index contributed by atoms with van der Waals surface area (Å²) in [6.45, 7) is 1.19. The Bertz CT molecular complexity index is 1480. The lowest BCUT2D eigenvalue weighted by Gasteiger charge is -2.23. The Morgan fingerprint density at radius 3 is 1.26 bits per heavy atom. The molecule has 0 bridgehead atoms. The summed E-state index contributed by atoms with van der Waals surface area (Å²) >= 11 is 0. The van der Waals surface area contributed by atoms with Gasteiger partial charge >= 0.3 is 11.0 Å². The van der Waals surface area contributed by atoms with Crippen molar-refractivity contribution in [3.8, 4) is 16.9 Å². The van der Waals surface area contributed by atoms with Gasteiger partial charge in [0.05, 0.1) is 23.3 Å². The van der Waals surface area contributed by atoms with Gasteiger partial charge in [-0.25, -0.2) is 43.2 Å². The molecule has 0 aliphatic carbocycles. The zero-order chi connectivity index (χ0) is 32.7. The van der Waals surface area contributed by atoms with Crippen LogP contribution in [0.1, 0.15) is 42.8 Å². The summed E-state index contributed by atoms with van der Waals surface area (Å²) in [5.74, 6) is -26.7. The Kier molecular flexibility index (Phi) is 10.1. The van der Waals surface area contributed by atoms with E-state index >= 15 is 0 Å². The van der Waals surface area contributed by atoms with Gasteiger partial charge in [0.1, 0.15) is 0 Å². The van der Waals surface area contributed by atoms with Crippen molar-refractivity contribution in [1.82, 2.24) is 0 Å². The molecule has 21 heteroatoms. The van der Waals surface area contributed by atoms with E-state index in [4.69, 9.17) is 0 Å². The van der Waals surface area contributed by atoms with Crippen LogP contribution in [0.15, 0.2) is 0 Å². The molecule has 42 heavy (non-hydrogen) atoms. The zero-order valence-electron chi connectivity index (χ0n) is 20.3. The van der Waals surface area contributed by atoms with Gasteiger partial charge in [-0.1, -0.05) is 26.2 Å². The van der Waals surface area contributed by atoms with Gasteiger partial charge in [-0.15, -0.1) is 0 Å². The fourth-order valence-corrected chi connectivity index (χ4v) is 6.96. The summed E-state index contributed by atoms with van der Waals surface area (Å²) < 4.78 is 241. The standard InChI is InChI=1S/C21H14F14O5S2/c1-2-3-4-5-6-40-18-16(28)12(24)8(13(25)17(18)29)7-10(22)14(26)9(15(27)11(7)23)19(41(36,37)20(30,31)32)42(38,39)21(33,34)35/h19H,2-6H2,1H3. The Morgan fingerprint density at radius 1 is 0.571 bits per heavy atom. The van der Waals surface area contributed by atoms with Crippen LogP contribution in [-0.4, -0.2) is 34.5 Å². The van der Waals surface area contributed by atoms with Crippen LogP contribution in [0.5, 0.6) is 5.75 Å². The molecule has 0 saturated heterocycles. The Labute approximate surface area is 226 Å². The molecule has 0 spiro atoms. The van der Waals surface area contributed by atoms with Crippen LogP contribution in [0.4, 0.5) is 61.5 Å². The summed E-state index contributed by atoms with van der Waals surface area (Å²) in [6, 6.07) is 0. The van der Waals surface area contributed by atoms with Crippen molar-refractivity contribution < 1.29 is 83.0 Å². The first-order valence-corrected chi connectivity index (χ1v) is 14.0. The third-order valence-corrected chi connectivity index (χ3v) is 9.87. The Morgan fingerprint density at radius 2 is 0.929 bits per heavy atom. The molecule has 0 saturated carbocycles. The molecule has 0 unspecified atom stereocenters. The van der Waals surface area contributed by atoms with Crippen molar-refractivity contribution in [3.63, 3.8) is 0 Å². The van der Waals surface area contributed by atoms with Crippen molar-refractivity contribution >= 4 is 19.7 Å². The molecule has 0 heterocycles. The van der Waals surface area contributed by atoms with E-state index in [-0.39, 0.29) is 6.42 Å². The minimum Gasteiger partial charge on any atom is -0.487 e.